The van der Waals surface area contributed by atoms with Gasteiger partial charge in [-0.05, 0) is 42.3 Å². The van der Waals surface area contributed by atoms with Crippen molar-refractivity contribution in [2.75, 3.05) is 51.0 Å². The lowest BCUT2D eigenvalue weighted by atomic mass is 10.1. The third-order valence-corrected chi connectivity index (χ3v) is 5.89. The molecule has 5 rings (SSSR count). The summed E-state index contributed by atoms with van der Waals surface area (Å²) in [5, 5.41) is 0. The fourth-order valence-electron chi connectivity index (χ4n) is 4.21. The van der Waals surface area contributed by atoms with Crippen molar-refractivity contribution in [1.29, 1.82) is 0 Å². The number of hydrogen-bond acceptors (Lipinski definition) is 7. The van der Waals surface area contributed by atoms with Crippen LogP contribution >= 0.6 is 0 Å². The van der Waals surface area contributed by atoms with E-state index in [9.17, 15) is 9.59 Å². The molecular formula is C23H25N3O5. The summed E-state index contributed by atoms with van der Waals surface area (Å²) in [7, 11) is 0. The highest BCUT2D eigenvalue weighted by molar-refractivity contribution is 5.89. The molecule has 1 amide bonds. The van der Waals surface area contributed by atoms with Gasteiger partial charge in [-0.1, -0.05) is 12.1 Å². The van der Waals surface area contributed by atoms with Crippen LogP contribution in [-0.4, -0.2) is 67.7 Å². The highest BCUT2D eigenvalue weighted by Crippen LogP contribution is 2.34. The summed E-state index contributed by atoms with van der Waals surface area (Å²) < 4.78 is 16.1. The fourth-order valence-corrected chi connectivity index (χ4v) is 4.21. The summed E-state index contributed by atoms with van der Waals surface area (Å²) in [5.41, 5.74) is 3.03. The number of rotatable bonds is 4. The van der Waals surface area contributed by atoms with Crippen LogP contribution in [0, 0.1) is 6.92 Å². The lowest BCUT2D eigenvalue weighted by molar-refractivity contribution is -0.134. The van der Waals surface area contributed by atoms with E-state index >= 15 is 0 Å². The van der Waals surface area contributed by atoms with Crippen LogP contribution in [0.2, 0.25) is 0 Å². The number of anilines is 1. The van der Waals surface area contributed by atoms with Crippen LogP contribution in [0.15, 0.2) is 36.4 Å². The number of ether oxygens (including phenoxy) is 3. The van der Waals surface area contributed by atoms with Gasteiger partial charge in [0.1, 0.15) is 6.54 Å². The Morgan fingerprint density at radius 1 is 0.968 bits per heavy atom. The normalized spacial score (nSPS) is 18.0. The van der Waals surface area contributed by atoms with E-state index in [4.69, 9.17) is 14.2 Å². The lowest BCUT2D eigenvalue weighted by Gasteiger charge is -2.37. The van der Waals surface area contributed by atoms with Crippen molar-refractivity contribution in [2.24, 2.45) is 0 Å². The zero-order valence-corrected chi connectivity index (χ0v) is 17.5. The minimum Gasteiger partial charge on any atom is -0.454 e. The van der Waals surface area contributed by atoms with Gasteiger partial charge in [-0.3, -0.25) is 9.69 Å². The number of aryl methyl sites for hydroxylation is 1. The van der Waals surface area contributed by atoms with Crippen LogP contribution < -0.4 is 19.1 Å². The second kappa shape index (κ2) is 8.11. The number of nitrogens with zero attached hydrogens (tertiary/aromatic N) is 3. The molecule has 0 atom stereocenters. The number of hydrogen-bond donors (Lipinski definition) is 0. The highest BCUT2D eigenvalue weighted by Gasteiger charge is 2.29. The second-order valence-electron chi connectivity index (χ2n) is 8.15. The summed E-state index contributed by atoms with van der Waals surface area (Å²) >= 11 is 0. The first-order valence-corrected chi connectivity index (χ1v) is 10.5. The Bertz CT molecular complexity index is 1020. The molecule has 31 heavy (non-hydrogen) atoms. The molecule has 0 N–H and O–H groups in total. The molecule has 162 valence electrons. The number of benzene rings is 2. The van der Waals surface area contributed by atoms with Crippen molar-refractivity contribution < 1.29 is 23.8 Å². The fraction of sp³-hybridized carbons (Fsp3) is 0.391. The van der Waals surface area contributed by atoms with E-state index in [1.54, 1.807) is 6.07 Å². The number of carbonyl (C=O) groups excluding carboxylic acids is 2. The molecule has 1 fully saturated rings. The number of amides is 1. The molecule has 0 unspecified atom stereocenters. The summed E-state index contributed by atoms with van der Waals surface area (Å²) in [6.45, 7) is 6.28. The summed E-state index contributed by atoms with van der Waals surface area (Å²) in [4.78, 5) is 30.9. The van der Waals surface area contributed by atoms with Crippen molar-refractivity contribution >= 4 is 17.6 Å². The third-order valence-electron chi connectivity index (χ3n) is 5.89. The van der Waals surface area contributed by atoms with E-state index in [1.165, 1.54) is 5.56 Å². The van der Waals surface area contributed by atoms with Crippen LogP contribution in [0.1, 0.15) is 11.1 Å². The smallest absolute Gasteiger partial charge is 0.331 e. The summed E-state index contributed by atoms with van der Waals surface area (Å²) in [5.74, 6) is 1.80. The van der Waals surface area contributed by atoms with Gasteiger partial charge >= 0.3 is 5.97 Å². The third kappa shape index (κ3) is 4.16. The van der Waals surface area contributed by atoms with Crippen LogP contribution in [0.3, 0.4) is 0 Å². The van der Waals surface area contributed by atoms with Crippen molar-refractivity contribution in [3.63, 3.8) is 0 Å². The molecule has 0 aliphatic carbocycles. The molecular weight excluding hydrogens is 398 g/mol. The molecule has 0 aromatic heterocycles. The lowest BCUT2D eigenvalue weighted by Crippen LogP contribution is -2.52. The van der Waals surface area contributed by atoms with E-state index in [0.717, 1.165) is 42.4 Å². The van der Waals surface area contributed by atoms with Gasteiger partial charge in [0, 0.05) is 32.7 Å². The number of esters is 1. The van der Waals surface area contributed by atoms with Gasteiger partial charge in [-0.15, -0.1) is 0 Å². The van der Waals surface area contributed by atoms with Gasteiger partial charge in [-0.2, -0.15) is 0 Å². The van der Waals surface area contributed by atoms with Gasteiger partial charge in [0.15, 0.2) is 17.2 Å². The molecule has 0 bridgehead atoms. The summed E-state index contributed by atoms with van der Waals surface area (Å²) in [6.07, 6.45) is 0. The molecule has 0 radical (unpaired) electrons. The second-order valence-corrected chi connectivity index (χ2v) is 8.15. The van der Waals surface area contributed by atoms with Crippen molar-refractivity contribution in [3.8, 4) is 17.2 Å². The Balaban J connectivity index is 1.17. The average Bonchev–Trinajstić information content (AvgIpc) is 3.22. The Morgan fingerprint density at radius 2 is 1.74 bits per heavy atom. The molecule has 2 aromatic rings. The number of carbonyl (C=O) groups is 2. The standard InChI is InChI=1S/C23H25N3O5/c1-16-2-4-19-18(10-16)26(14-23(28)31-19)13-22(27)25-8-6-24(7-9-25)12-17-3-5-20-21(11-17)30-15-29-20/h2-5,10-11H,6-9,12-15H2,1H3. The number of piperazine rings is 1. The maximum Gasteiger partial charge on any atom is 0.331 e. The molecule has 1 saturated heterocycles. The van der Waals surface area contributed by atoms with Gasteiger partial charge in [-0.25, -0.2) is 4.79 Å². The predicted molar refractivity (Wildman–Crippen MR) is 113 cm³/mol. The molecule has 8 nitrogen and oxygen atoms in total. The minimum atomic E-state index is -0.335. The average molecular weight is 423 g/mol. The van der Waals surface area contributed by atoms with E-state index in [0.29, 0.717) is 18.8 Å². The van der Waals surface area contributed by atoms with Gasteiger partial charge in [0.2, 0.25) is 12.7 Å². The first-order chi connectivity index (χ1) is 15.0. The highest BCUT2D eigenvalue weighted by atomic mass is 16.7. The van der Waals surface area contributed by atoms with Crippen molar-refractivity contribution in [3.05, 3.63) is 47.5 Å². The monoisotopic (exact) mass is 423 g/mol. The van der Waals surface area contributed by atoms with Gasteiger partial charge < -0.3 is 24.0 Å². The topological polar surface area (TPSA) is 71.6 Å². The van der Waals surface area contributed by atoms with Crippen LogP contribution in [-0.2, 0) is 16.1 Å². The van der Waals surface area contributed by atoms with Crippen molar-refractivity contribution in [2.45, 2.75) is 13.5 Å². The predicted octanol–water partition coefficient (Wildman–Crippen LogP) is 1.79. The largest absolute Gasteiger partial charge is 0.454 e. The van der Waals surface area contributed by atoms with Crippen molar-refractivity contribution in [1.82, 2.24) is 9.80 Å². The quantitative estimate of drug-likeness (QED) is 0.549. The molecule has 3 heterocycles. The Hall–Kier alpha value is -3.26. The van der Waals surface area contributed by atoms with Crippen LogP contribution in [0.4, 0.5) is 5.69 Å². The maximum absolute atomic E-state index is 12.9. The van der Waals surface area contributed by atoms with Crippen LogP contribution in [0.25, 0.3) is 0 Å². The first-order valence-electron chi connectivity index (χ1n) is 10.5. The Kier molecular flexibility index (Phi) is 5.15. The molecule has 2 aromatic carbocycles. The van der Waals surface area contributed by atoms with Crippen LogP contribution in [0.5, 0.6) is 17.2 Å². The molecule has 3 aliphatic rings. The maximum atomic E-state index is 12.9. The van der Waals surface area contributed by atoms with E-state index in [1.807, 2.05) is 41.0 Å². The van der Waals surface area contributed by atoms with Gasteiger partial charge in [0.05, 0.1) is 12.2 Å². The Labute approximate surface area is 180 Å². The van der Waals surface area contributed by atoms with Gasteiger partial charge in [0.25, 0.3) is 0 Å². The molecule has 8 heteroatoms. The summed E-state index contributed by atoms with van der Waals surface area (Å²) in [6, 6.07) is 11.7. The van der Waals surface area contributed by atoms with E-state index in [-0.39, 0.29) is 31.8 Å². The zero-order valence-electron chi connectivity index (χ0n) is 17.5. The number of fused-ring (bicyclic) bond motifs is 2. The molecule has 3 aliphatic heterocycles. The zero-order chi connectivity index (χ0) is 21.4. The molecule has 0 saturated carbocycles. The van der Waals surface area contributed by atoms with E-state index < -0.39 is 0 Å². The Morgan fingerprint density at radius 3 is 2.58 bits per heavy atom. The minimum absolute atomic E-state index is 0.0323. The van der Waals surface area contributed by atoms with E-state index in [2.05, 4.69) is 11.0 Å². The first kappa shape index (κ1) is 19.7. The molecule has 0 spiro atoms. The SMILES string of the molecule is Cc1ccc2c(c1)N(CC(=O)N1CCN(Cc3ccc4c(c3)OCO4)CC1)CC(=O)O2.